The molecule has 1 unspecified atom stereocenters. The minimum atomic E-state index is -3.54. The fraction of sp³-hybridized carbons (Fsp3) is 1.00. The van der Waals surface area contributed by atoms with Crippen LogP contribution >= 0.6 is 7.60 Å². The SMILES string of the molecule is CP(=O)([O-])OCN. The first-order valence-corrected chi connectivity index (χ1v) is 3.68. The van der Waals surface area contributed by atoms with Crippen molar-refractivity contribution in [2.45, 2.75) is 0 Å². The van der Waals surface area contributed by atoms with Crippen LogP contribution in [0.25, 0.3) is 0 Å². The van der Waals surface area contributed by atoms with Crippen LogP contribution in [-0.4, -0.2) is 13.4 Å². The molecule has 0 amide bonds. The molecular weight excluding hydrogens is 117 g/mol. The van der Waals surface area contributed by atoms with Gasteiger partial charge in [0.2, 0.25) is 0 Å². The van der Waals surface area contributed by atoms with Crippen LogP contribution in [0, 0.1) is 0 Å². The highest BCUT2D eigenvalue weighted by atomic mass is 31.2. The second-order valence-electron chi connectivity index (χ2n) is 1.07. The Labute approximate surface area is 41.8 Å². The zero-order valence-corrected chi connectivity index (χ0v) is 4.85. The Bertz CT molecular complexity index is 86.9. The Morgan fingerprint density at radius 3 is 2.43 bits per heavy atom. The van der Waals surface area contributed by atoms with E-state index in [0.29, 0.717) is 0 Å². The van der Waals surface area contributed by atoms with Gasteiger partial charge in [-0.1, -0.05) is 0 Å². The Kier molecular flexibility index (Phi) is 2.46. The summed E-state index contributed by atoms with van der Waals surface area (Å²) < 4.78 is 14.0. The van der Waals surface area contributed by atoms with Crippen LogP contribution in [-0.2, 0) is 9.09 Å². The van der Waals surface area contributed by atoms with Crippen LogP contribution in [0.3, 0.4) is 0 Å². The van der Waals surface area contributed by atoms with Gasteiger partial charge in [0.1, 0.15) is 14.3 Å². The van der Waals surface area contributed by atoms with Crippen molar-refractivity contribution in [2.75, 3.05) is 13.4 Å². The lowest BCUT2D eigenvalue weighted by molar-refractivity contribution is -0.196. The maximum atomic E-state index is 9.96. The van der Waals surface area contributed by atoms with Gasteiger partial charge in [-0.2, -0.15) is 0 Å². The molecule has 0 aliphatic carbocycles. The average Bonchev–Trinajstić information content (AvgIpc) is 1.30. The molecule has 0 aromatic carbocycles. The van der Waals surface area contributed by atoms with Crippen LogP contribution < -0.4 is 10.6 Å². The van der Waals surface area contributed by atoms with Crippen LogP contribution in [0.4, 0.5) is 0 Å². The molecule has 0 bridgehead atoms. The Hall–Kier alpha value is 0.110. The highest BCUT2D eigenvalue weighted by molar-refractivity contribution is 7.50. The molecule has 0 radical (unpaired) electrons. The van der Waals surface area contributed by atoms with E-state index in [1.54, 1.807) is 0 Å². The van der Waals surface area contributed by atoms with Gasteiger partial charge in [-0.25, -0.2) is 0 Å². The molecule has 0 spiro atoms. The van der Waals surface area contributed by atoms with Gasteiger partial charge in [0.25, 0.3) is 0 Å². The summed E-state index contributed by atoms with van der Waals surface area (Å²) >= 11 is 0. The van der Waals surface area contributed by atoms with Gasteiger partial charge >= 0.3 is 0 Å². The van der Waals surface area contributed by atoms with Crippen molar-refractivity contribution in [3.05, 3.63) is 0 Å². The molecule has 1 atom stereocenters. The third kappa shape index (κ3) is 6.11. The Balaban J connectivity index is 3.36. The summed E-state index contributed by atoms with van der Waals surface area (Å²) in [4.78, 5) is 9.96. The van der Waals surface area contributed by atoms with E-state index in [4.69, 9.17) is 5.73 Å². The largest absolute Gasteiger partial charge is 0.779 e. The lowest BCUT2D eigenvalue weighted by Gasteiger charge is -2.14. The predicted molar refractivity (Wildman–Crippen MR) is 23.7 cm³/mol. The third-order valence-electron chi connectivity index (χ3n) is 0.309. The first kappa shape index (κ1) is 7.11. The van der Waals surface area contributed by atoms with Gasteiger partial charge in [0.05, 0.1) is 0 Å². The van der Waals surface area contributed by atoms with Crippen molar-refractivity contribution < 1.29 is 14.0 Å². The molecule has 0 aliphatic heterocycles. The zero-order chi connectivity index (χ0) is 5.91. The molecular formula is C2H7NO3P-. The Morgan fingerprint density at radius 1 is 2.00 bits per heavy atom. The van der Waals surface area contributed by atoms with Crippen molar-refractivity contribution >= 4 is 7.60 Å². The highest BCUT2D eigenvalue weighted by Gasteiger charge is 1.92. The second-order valence-corrected chi connectivity index (χ2v) is 2.87. The number of hydrogen-bond acceptors (Lipinski definition) is 4. The van der Waals surface area contributed by atoms with E-state index in [1.165, 1.54) is 0 Å². The van der Waals surface area contributed by atoms with Crippen molar-refractivity contribution in [1.82, 2.24) is 0 Å². The van der Waals surface area contributed by atoms with Gasteiger partial charge in [0.15, 0.2) is 0 Å². The molecule has 44 valence electrons. The van der Waals surface area contributed by atoms with Crippen molar-refractivity contribution in [3.63, 3.8) is 0 Å². The molecule has 4 nitrogen and oxygen atoms in total. The third-order valence-corrected chi connectivity index (χ3v) is 0.927. The molecule has 0 fully saturated rings. The molecule has 0 saturated carbocycles. The first-order chi connectivity index (χ1) is 3.06. The monoisotopic (exact) mass is 124 g/mol. The van der Waals surface area contributed by atoms with Gasteiger partial charge < -0.3 is 19.7 Å². The molecule has 5 heteroatoms. The van der Waals surface area contributed by atoms with Gasteiger partial charge in [0, 0.05) is 6.66 Å². The molecule has 0 aromatic rings. The van der Waals surface area contributed by atoms with E-state index < -0.39 is 7.60 Å². The fourth-order valence-corrected chi connectivity index (χ4v) is 0.406. The molecule has 0 aromatic heterocycles. The summed E-state index contributed by atoms with van der Waals surface area (Å²) in [5.74, 6) is 0. The number of hydrogen-bond donors (Lipinski definition) is 1. The van der Waals surface area contributed by atoms with E-state index in [9.17, 15) is 9.46 Å². The predicted octanol–water partition coefficient (Wildman–Crippen LogP) is -0.898. The molecule has 0 aliphatic rings. The average molecular weight is 124 g/mol. The summed E-state index contributed by atoms with van der Waals surface area (Å²) in [6.07, 6.45) is 0. The van der Waals surface area contributed by atoms with Crippen molar-refractivity contribution in [2.24, 2.45) is 5.73 Å². The van der Waals surface area contributed by atoms with Crippen molar-refractivity contribution in [3.8, 4) is 0 Å². The summed E-state index contributed by atoms with van der Waals surface area (Å²) in [6.45, 7) is 0.705. The van der Waals surface area contributed by atoms with Gasteiger partial charge in [-0.05, 0) is 0 Å². The van der Waals surface area contributed by atoms with E-state index in [2.05, 4.69) is 4.52 Å². The maximum Gasteiger partial charge on any atom is 0.133 e. The van der Waals surface area contributed by atoms with Crippen molar-refractivity contribution in [1.29, 1.82) is 0 Å². The summed E-state index contributed by atoms with van der Waals surface area (Å²) in [6, 6.07) is 0. The lowest BCUT2D eigenvalue weighted by atomic mass is 11.4. The standard InChI is InChI=1S/C2H8NO3P/c1-7(4,5)6-2-3/h2-3H2,1H3,(H,4,5)/p-1. The second kappa shape index (κ2) is 2.43. The van der Waals surface area contributed by atoms with Gasteiger partial charge in [-0.3, -0.25) is 0 Å². The van der Waals surface area contributed by atoms with Crippen LogP contribution in [0.2, 0.25) is 0 Å². The number of nitrogens with two attached hydrogens (primary N) is 1. The van der Waals surface area contributed by atoms with E-state index in [0.717, 1.165) is 6.66 Å². The van der Waals surface area contributed by atoms with E-state index >= 15 is 0 Å². The minimum Gasteiger partial charge on any atom is -0.779 e. The molecule has 0 heterocycles. The van der Waals surface area contributed by atoms with Crippen LogP contribution in [0.15, 0.2) is 0 Å². The zero-order valence-electron chi connectivity index (χ0n) is 3.96. The van der Waals surface area contributed by atoms with E-state index in [1.807, 2.05) is 0 Å². The van der Waals surface area contributed by atoms with Crippen LogP contribution in [0.1, 0.15) is 0 Å². The smallest absolute Gasteiger partial charge is 0.133 e. The normalized spacial score (nSPS) is 18.7. The highest BCUT2D eigenvalue weighted by Crippen LogP contribution is 2.29. The topological polar surface area (TPSA) is 75.4 Å². The van der Waals surface area contributed by atoms with Crippen LogP contribution in [0.5, 0.6) is 0 Å². The van der Waals surface area contributed by atoms with Gasteiger partial charge in [-0.15, -0.1) is 0 Å². The molecule has 7 heavy (non-hydrogen) atoms. The quantitative estimate of drug-likeness (QED) is 0.382. The fourth-order valence-electron chi connectivity index (χ4n) is 0.135. The minimum absolute atomic E-state index is 0.267. The Morgan fingerprint density at radius 2 is 2.43 bits per heavy atom. The number of rotatable bonds is 2. The van der Waals surface area contributed by atoms with E-state index in [-0.39, 0.29) is 6.73 Å². The first-order valence-electron chi connectivity index (χ1n) is 1.69. The summed E-state index contributed by atoms with van der Waals surface area (Å²) in [7, 11) is -3.54. The molecule has 0 rings (SSSR count). The molecule has 2 N–H and O–H groups in total. The summed E-state index contributed by atoms with van der Waals surface area (Å²) in [5.41, 5.74) is 4.72. The lowest BCUT2D eigenvalue weighted by Crippen LogP contribution is -2.08. The maximum absolute atomic E-state index is 9.96. The molecule has 0 saturated heterocycles. The summed E-state index contributed by atoms with van der Waals surface area (Å²) in [5, 5.41) is 0.